The predicted molar refractivity (Wildman–Crippen MR) is 85.3 cm³/mol. The smallest absolute Gasteiger partial charge is 0.321 e. The molecule has 0 aromatic heterocycles. The number of carbonyl (C=O) groups excluding carboxylic acids is 2. The molecule has 1 atom stereocenters. The molecule has 0 heterocycles. The molecule has 116 valence electrons. The second-order valence-electron chi connectivity index (χ2n) is 5.80. The topological polar surface area (TPSA) is 61.4 Å². The summed E-state index contributed by atoms with van der Waals surface area (Å²) in [6.45, 7) is 6.14. The van der Waals surface area contributed by atoms with Crippen molar-refractivity contribution in [2.75, 3.05) is 19.4 Å². The van der Waals surface area contributed by atoms with Crippen LogP contribution in [-0.4, -0.2) is 37.0 Å². The van der Waals surface area contributed by atoms with Gasteiger partial charge in [-0.3, -0.25) is 4.79 Å². The Morgan fingerprint density at radius 3 is 2.43 bits per heavy atom. The van der Waals surface area contributed by atoms with Crippen LogP contribution >= 0.6 is 0 Å². The van der Waals surface area contributed by atoms with Gasteiger partial charge in [-0.05, 0) is 30.5 Å². The van der Waals surface area contributed by atoms with Gasteiger partial charge in [0.1, 0.15) is 0 Å². The van der Waals surface area contributed by atoms with E-state index >= 15 is 0 Å². The third kappa shape index (κ3) is 5.85. The fourth-order valence-corrected chi connectivity index (χ4v) is 1.65. The van der Waals surface area contributed by atoms with Crippen molar-refractivity contribution in [3.05, 3.63) is 29.8 Å². The number of anilines is 1. The second-order valence-corrected chi connectivity index (χ2v) is 5.80. The van der Waals surface area contributed by atoms with E-state index in [0.29, 0.717) is 18.0 Å². The van der Waals surface area contributed by atoms with Crippen LogP contribution < -0.4 is 10.6 Å². The van der Waals surface area contributed by atoms with Crippen LogP contribution in [0.3, 0.4) is 0 Å². The molecule has 0 aliphatic heterocycles. The molecule has 0 spiro atoms. The largest absolute Gasteiger partial charge is 0.353 e. The standard InChI is InChI=1S/C16H25N3O2/c1-11(2)12(3)17-15(20)10-13-7-6-8-14(9-13)18-16(21)19(4)5/h6-9,11-12H,10H2,1-5H3,(H,17,20)(H,18,21). The van der Waals surface area contributed by atoms with Crippen LogP contribution in [0, 0.1) is 5.92 Å². The Balaban J connectivity index is 2.64. The van der Waals surface area contributed by atoms with E-state index in [4.69, 9.17) is 0 Å². The van der Waals surface area contributed by atoms with Gasteiger partial charge in [-0.25, -0.2) is 4.79 Å². The molecule has 0 saturated heterocycles. The van der Waals surface area contributed by atoms with Crippen molar-refractivity contribution in [1.82, 2.24) is 10.2 Å². The summed E-state index contributed by atoms with van der Waals surface area (Å²) in [6, 6.07) is 7.30. The fourth-order valence-electron chi connectivity index (χ4n) is 1.65. The molecule has 21 heavy (non-hydrogen) atoms. The van der Waals surface area contributed by atoms with Gasteiger partial charge < -0.3 is 15.5 Å². The van der Waals surface area contributed by atoms with Gasteiger partial charge in [-0.1, -0.05) is 26.0 Å². The van der Waals surface area contributed by atoms with E-state index in [-0.39, 0.29) is 18.0 Å². The molecule has 5 nitrogen and oxygen atoms in total. The molecule has 3 amide bonds. The lowest BCUT2D eigenvalue weighted by atomic mass is 10.1. The van der Waals surface area contributed by atoms with Crippen LogP contribution in [0.4, 0.5) is 10.5 Å². The first kappa shape index (κ1) is 17.0. The van der Waals surface area contributed by atoms with E-state index in [1.807, 2.05) is 25.1 Å². The molecule has 0 bridgehead atoms. The van der Waals surface area contributed by atoms with Crippen molar-refractivity contribution in [3.63, 3.8) is 0 Å². The number of amides is 3. The van der Waals surface area contributed by atoms with Gasteiger partial charge in [0.25, 0.3) is 0 Å². The van der Waals surface area contributed by atoms with Crippen LogP contribution in [0.15, 0.2) is 24.3 Å². The highest BCUT2D eigenvalue weighted by molar-refractivity contribution is 5.89. The minimum Gasteiger partial charge on any atom is -0.353 e. The van der Waals surface area contributed by atoms with E-state index in [1.54, 1.807) is 20.2 Å². The first-order valence-corrected chi connectivity index (χ1v) is 7.16. The Bertz CT molecular complexity index is 498. The van der Waals surface area contributed by atoms with Crippen LogP contribution in [-0.2, 0) is 11.2 Å². The third-order valence-corrected chi connectivity index (χ3v) is 3.34. The summed E-state index contributed by atoms with van der Waals surface area (Å²) in [5, 5.41) is 5.74. The maximum Gasteiger partial charge on any atom is 0.321 e. The Labute approximate surface area is 126 Å². The van der Waals surface area contributed by atoms with Crippen molar-refractivity contribution < 1.29 is 9.59 Å². The molecule has 1 aromatic rings. The summed E-state index contributed by atoms with van der Waals surface area (Å²) in [6.07, 6.45) is 0.308. The summed E-state index contributed by atoms with van der Waals surface area (Å²) in [7, 11) is 3.36. The monoisotopic (exact) mass is 291 g/mol. The first-order chi connectivity index (χ1) is 9.79. The van der Waals surface area contributed by atoms with Crippen LogP contribution in [0.1, 0.15) is 26.3 Å². The van der Waals surface area contributed by atoms with Crippen molar-refractivity contribution in [3.8, 4) is 0 Å². The number of carbonyl (C=O) groups is 2. The average Bonchev–Trinajstić information content (AvgIpc) is 2.38. The van der Waals surface area contributed by atoms with Gasteiger partial charge >= 0.3 is 6.03 Å². The predicted octanol–water partition coefficient (Wildman–Crippen LogP) is 2.48. The Kier molecular flexibility index (Phi) is 6.21. The molecule has 0 aliphatic carbocycles. The maximum absolute atomic E-state index is 12.0. The highest BCUT2D eigenvalue weighted by Gasteiger charge is 2.11. The zero-order chi connectivity index (χ0) is 16.0. The third-order valence-electron chi connectivity index (χ3n) is 3.34. The Morgan fingerprint density at radius 1 is 1.19 bits per heavy atom. The molecule has 0 radical (unpaired) electrons. The summed E-state index contributed by atoms with van der Waals surface area (Å²) in [5.74, 6) is 0.395. The Hall–Kier alpha value is -2.04. The van der Waals surface area contributed by atoms with E-state index in [0.717, 1.165) is 5.56 Å². The van der Waals surface area contributed by atoms with Crippen molar-refractivity contribution in [2.24, 2.45) is 5.92 Å². The van der Waals surface area contributed by atoms with E-state index in [9.17, 15) is 9.59 Å². The summed E-state index contributed by atoms with van der Waals surface area (Å²) in [4.78, 5) is 25.0. The molecule has 5 heteroatoms. The number of hydrogen-bond donors (Lipinski definition) is 2. The van der Waals surface area contributed by atoms with Gasteiger partial charge in [0.05, 0.1) is 6.42 Å². The van der Waals surface area contributed by atoms with E-state index in [2.05, 4.69) is 24.5 Å². The number of hydrogen-bond acceptors (Lipinski definition) is 2. The number of urea groups is 1. The summed E-state index contributed by atoms with van der Waals surface area (Å²) >= 11 is 0. The number of benzene rings is 1. The first-order valence-electron chi connectivity index (χ1n) is 7.16. The molecule has 1 rings (SSSR count). The van der Waals surface area contributed by atoms with Crippen molar-refractivity contribution >= 4 is 17.6 Å². The van der Waals surface area contributed by atoms with Gasteiger partial charge in [-0.2, -0.15) is 0 Å². The quantitative estimate of drug-likeness (QED) is 0.875. The normalized spacial score (nSPS) is 11.9. The lowest BCUT2D eigenvalue weighted by Gasteiger charge is -2.17. The molecular formula is C16H25N3O2. The van der Waals surface area contributed by atoms with Crippen molar-refractivity contribution in [1.29, 1.82) is 0 Å². The van der Waals surface area contributed by atoms with Gasteiger partial charge in [0.15, 0.2) is 0 Å². The lowest BCUT2D eigenvalue weighted by Crippen LogP contribution is -2.37. The van der Waals surface area contributed by atoms with Gasteiger partial charge in [0, 0.05) is 25.8 Å². The summed E-state index contributed by atoms with van der Waals surface area (Å²) in [5.41, 5.74) is 1.57. The van der Waals surface area contributed by atoms with Crippen LogP contribution in [0.2, 0.25) is 0 Å². The minimum absolute atomic E-state index is 0.00714. The highest BCUT2D eigenvalue weighted by Crippen LogP contribution is 2.12. The van der Waals surface area contributed by atoms with Gasteiger partial charge in [-0.15, -0.1) is 0 Å². The summed E-state index contributed by atoms with van der Waals surface area (Å²) < 4.78 is 0. The average molecular weight is 291 g/mol. The number of nitrogens with one attached hydrogen (secondary N) is 2. The van der Waals surface area contributed by atoms with E-state index < -0.39 is 0 Å². The number of rotatable bonds is 5. The SMILES string of the molecule is CC(C)C(C)NC(=O)Cc1cccc(NC(=O)N(C)C)c1. The lowest BCUT2D eigenvalue weighted by molar-refractivity contribution is -0.121. The number of nitrogens with zero attached hydrogens (tertiary/aromatic N) is 1. The van der Waals surface area contributed by atoms with E-state index in [1.165, 1.54) is 4.90 Å². The van der Waals surface area contributed by atoms with Gasteiger partial charge in [0.2, 0.25) is 5.91 Å². The highest BCUT2D eigenvalue weighted by atomic mass is 16.2. The molecular weight excluding hydrogens is 266 g/mol. The van der Waals surface area contributed by atoms with Crippen molar-refractivity contribution in [2.45, 2.75) is 33.2 Å². The van der Waals surface area contributed by atoms with Crippen LogP contribution in [0.5, 0.6) is 0 Å². The molecule has 1 unspecified atom stereocenters. The molecule has 0 saturated carbocycles. The zero-order valence-corrected chi connectivity index (χ0v) is 13.4. The second kappa shape index (κ2) is 7.67. The molecule has 1 aromatic carbocycles. The fraction of sp³-hybridized carbons (Fsp3) is 0.500. The molecule has 2 N–H and O–H groups in total. The minimum atomic E-state index is -0.190. The Morgan fingerprint density at radius 2 is 1.86 bits per heavy atom. The van der Waals surface area contributed by atoms with Crippen LogP contribution in [0.25, 0.3) is 0 Å². The maximum atomic E-state index is 12.0. The zero-order valence-electron chi connectivity index (χ0n) is 13.4. The molecule has 0 aliphatic rings. The molecule has 0 fully saturated rings.